The van der Waals surface area contributed by atoms with Crippen molar-refractivity contribution in [2.45, 2.75) is 18.9 Å². The molecule has 0 aromatic heterocycles. The van der Waals surface area contributed by atoms with E-state index in [4.69, 9.17) is 9.84 Å². The van der Waals surface area contributed by atoms with E-state index in [1.54, 1.807) is 0 Å². The molecule has 2 rings (SSSR count). The van der Waals surface area contributed by atoms with Crippen molar-refractivity contribution in [3.05, 3.63) is 29.6 Å². The Hall–Kier alpha value is -1.58. The summed E-state index contributed by atoms with van der Waals surface area (Å²) >= 11 is 0. The van der Waals surface area contributed by atoms with E-state index in [0.29, 0.717) is 12.2 Å². The molecule has 0 spiro atoms. The molecule has 1 heterocycles. The third-order valence-electron chi connectivity index (χ3n) is 2.17. The van der Waals surface area contributed by atoms with Crippen LogP contribution in [0.4, 0.5) is 4.39 Å². The summed E-state index contributed by atoms with van der Waals surface area (Å²) in [5, 5.41) is 8.55. The zero-order valence-electron chi connectivity index (χ0n) is 7.37. The van der Waals surface area contributed by atoms with E-state index < -0.39 is 5.97 Å². The van der Waals surface area contributed by atoms with Gasteiger partial charge in [-0.1, -0.05) is 0 Å². The number of hydrogen-bond donors (Lipinski definition) is 1. The monoisotopic (exact) mass is 196 g/mol. The molecule has 0 amide bonds. The second-order valence-corrected chi connectivity index (χ2v) is 3.29. The lowest BCUT2D eigenvalue weighted by atomic mass is 10.1. The molecule has 14 heavy (non-hydrogen) atoms. The molecular formula is C10H9FO3. The van der Waals surface area contributed by atoms with Gasteiger partial charge in [-0.3, -0.25) is 4.79 Å². The molecule has 0 unspecified atom stereocenters. The highest BCUT2D eigenvalue weighted by atomic mass is 19.1. The summed E-state index contributed by atoms with van der Waals surface area (Å²) in [7, 11) is 0. The standard InChI is InChI=1S/C10H9FO3/c11-7-1-2-9-6(3-7)4-8(14-9)5-10(12)13/h1-3,8H,4-5H2,(H,12,13)/t8-/m1/s1. The maximum atomic E-state index is 12.8. The molecule has 1 aromatic rings. The Morgan fingerprint density at radius 1 is 1.64 bits per heavy atom. The maximum Gasteiger partial charge on any atom is 0.307 e. The van der Waals surface area contributed by atoms with Crippen LogP contribution in [0.5, 0.6) is 5.75 Å². The van der Waals surface area contributed by atoms with Crippen LogP contribution in [0, 0.1) is 5.82 Å². The Morgan fingerprint density at radius 3 is 3.14 bits per heavy atom. The third-order valence-corrected chi connectivity index (χ3v) is 2.17. The quantitative estimate of drug-likeness (QED) is 0.781. The van der Waals surface area contributed by atoms with Crippen LogP contribution in [0.25, 0.3) is 0 Å². The van der Waals surface area contributed by atoms with Crippen molar-refractivity contribution in [3.63, 3.8) is 0 Å². The topological polar surface area (TPSA) is 46.5 Å². The highest BCUT2D eigenvalue weighted by Gasteiger charge is 2.25. The zero-order valence-corrected chi connectivity index (χ0v) is 7.37. The minimum Gasteiger partial charge on any atom is -0.489 e. The molecule has 1 aliphatic rings. The predicted molar refractivity (Wildman–Crippen MR) is 46.8 cm³/mol. The van der Waals surface area contributed by atoms with Gasteiger partial charge in [-0.15, -0.1) is 0 Å². The van der Waals surface area contributed by atoms with E-state index in [1.165, 1.54) is 18.2 Å². The molecule has 0 fully saturated rings. The van der Waals surface area contributed by atoms with E-state index in [2.05, 4.69) is 0 Å². The number of rotatable bonds is 2. The number of hydrogen-bond acceptors (Lipinski definition) is 2. The van der Waals surface area contributed by atoms with Crippen molar-refractivity contribution < 1.29 is 19.0 Å². The van der Waals surface area contributed by atoms with Gasteiger partial charge in [-0.2, -0.15) is 0 Å². The van der Waals surface area contributed by atoms with Gasteiger partial charge >= 0.3 is 5.97 Å². The highest BCUT2D eigenvalue weighted by Crippen LogP contribution is 2.30. The van der Waals surface area contributed by atoms with Crippen molar-refractivity contribution >= 4 is 5.97 Å². The highest BCUT2D eigenvalue weighted by molar-refractivity contribution is 5.67. The van der Waals surface area contributed by atoms with E-state index in [0.717, 1.165) is 5.56 Å². The third kappa shape index (κ3) is 1.69. The van der Waals surface area contributed by atoms with Crippen LogP contribution in [-0.4, -0.2) is 17.2 Å². The number of fused-ring (bicyclic) bond motifs is 1. The predicted octanol–water partition coefficient (Wildman–Crippen LogP) is 1.60. The van der Waals surface area contributed by atoms with Crippen molar-refractivity contribution in [1.29, 1.82) is 0 Å². The first-order chi connectivity index (χ1) is 6.65. The van der Waals surface area contributed by atoms with Gasteiger partial charge in [-0.05, 0) is 18.2 Å². The van der Waals surface area contributed by atoms with Gasteiger partial charge in [0.15, 0.2) is 0 Å². The SMILES string of the molecule is O=C(O)C[C@H]1Cc2cc(F)ccc2O1. The van der Waals surface area contributed by atoms with Gasteiger partial charge in [-0.25, -0.2) is 4.39 Å². The average Bonchev–Trinajstić information content (AvgIpc) is 2.44. The normalized spacial score (nSPS) is 18.8. The maximum absolute atomic E-state index is 12.8. The van der Waals surface area contributed by atoms with Crippen molar-refractivity contribution in [2.24, 2.45) is 0 Å². The molecule has 0 saturated carbocycles. The van der Waals surface area contributed by atoms with Gasteiger partial charge < -0.3 is 9.84 Å². The van der Waals surface area contributed by atoms with E-state index in [1.807, 2.05) is 0 Å². The molecule has 0 aliphatic carbocycles. The van der Waals surface area contributed by atoms with Crippen LogP contribution in [0.15, 0.2) is 18.2 Å². The molecular weight excluding hydrogens is 187 g/mol. The Kier molecular flexibility index (Phi) is 2.11. The smallest absolute Gasteiger partial charge is 0.307 e. The minimum absolute atomic E-state index is 0.0453. The molecule has 3 nitrogen and oxygen atoms in total. The molecule has 74 valence electrons. The van der Waals surface area contributed by atoms with Crippen LogP contribution < -0.4 is 4.74 Å². The number of carboxylic acid groups (broad SMARTS) is 1. The molecule has 1 aliphatic heterocycles. The summed E-state index contributed by atoms with van der Waals surface area (Å²) < 4.78 is 18.1. The van der Waals surface area contributed by atoms with Gasteiger partial charge in [0.25, 0.3) is 0 Å². The first-order valence-corrected chi connectivity index (χ1v) is 4.32. The molecule has 0 radical (unpaired) electrons. The fourth-order valence-electron chi connectivity index (χ4n) is 1.60. The van der Waals surface area contributed by atoms with Crippen molar-refractivity contribution in [2.75, 3.05) is 0 Å². The van der Waals surface area contributed by atoms with Crippen molar-refractivity contribution in [1.82, 2.24) is 0 Å². The number of benzene rings is 1. The lowest BCUT2D eigenvalue weighted by Crippen LogP contribution is -2.17. The largest absolute Gasteiger partial charge is 0.489 e. The zero-order chi connectivity index (χ0) is 10.1. The van der Waals surface area contributed by atoms with Gasteiger partial charge in [0, 0.05) is 12.0 Å². The summed E-state index contributed by atoms with van der Waals surface area (Å²) in [5.41, 5.74) is 0.747. The summed E-state index contributed by atoms with van der Waals surface area (Å²) in [6.45, 7) is 0. The fourth-order valence-corrected chi connectivity index (χ4v) is 1.60. The number of aliphatic carboxylic acids is 1. The Bertz CT molecular complexity index is 376. The molecule has 0 bridgehead atoms. The van der Waals surface area contributed by atoms with Gasteiger partial charge in [0.1, 0.15) is 17.7 Å². The van der Waals surface area contributed by atoms with Crippen LogP contribution >= 0.6 is 0 Å². The summed E-state index contributed by atoms with van der Waals surface area (Å²) in [5.74, 6) is -0.621. The summed E-state index contributed by atoms with van der Waals surface area (Å²) in [6.07, 6.45) is 0.0692. The Labute approximate surface area is 80.1 Å². The number of ether oxygens (including phenoxy) is 1. The second kappa shape index (κ2) is 3.29. The van der Waals surface area contributed by atoms with Crippen LogP contribution in [0.1, 0.15) is 12.0 Å². The first-order valence-electron chi connectivity index (χ1n) is 4.32. The lowest BCUT2D eigenvalue weighted by molar-refractivity contribution is -0.138. The van der Waals surface area contributed by atoms with E-state index in [9.17, 15) is 9.18 Å². The van der Waals surface area contributed by atoms with Crippen LogP contribution in [-0.2, 0) is 11.2 Å². The molecule has 1 atom stereocenters. The molecule has 1 N–H and O–H groups in total. The number of halogens is 1. The first kappa shape index (κ1) is 8.99. The second-order valence-electron chi connectivity index (χ2n) is 3.29. The molecule has 0 saturated heterocycles. The van der Waals surface area contributed by atoms with Crippen LogP contribution in [0.2, 0.25) is 0 Å². The minimum atomic E-state index is -0.900. The van der Waals surface area contributed by atoms with Gasteiger partial charge in [0.2, 0.25) is 0 Å². The number of carboxylic acids is 1. The fraction of sp³-hybridized carbons (Fsp3) is 0.300. The Balaban J connectivity index is 2.14. The summed E-state index contributed by atoms with van der Waals surface area (Å²) in [4.78, 5) is 10.4. The Morgan fingerprint density at radius 2 is 2.43 bits per heavy atom. The average molecular weight is 196 g/mol. The van der Waals surface area contributed by atoms with E-state index in [-0.39, 0.29) is 18.3 Å². The van der Waals surface area contributed by atoms with Gasteiger partial charge in [0.05, 0.1) is 6.42 Å². The molecule has 4 heteroatoms. The molecule has 1 aromatic carbocycles. The van der Waals surface area contributed by atoms with Crippen molar-refractivity contribution in [3.8, 4) is 5.75 Å². The summed E-state index contributed by atoms with van der Waals surface area (Å²) in [6, 6.07) is 4.23. The number of carbonyl (C=O) groups is 1. The van der Waals surface area contributed by atoms with E-state index >= 15 is 0 Å². The van der Waals surface area contributed by atoms with Crippen LogP contribution in [0.3, 0.4) is 0 Å². The lowest BCUT2D eigenvalue weighted by Gasteiger charge is -2.06.